The lowest BCUT2D eigenvalue weighted by atomic mass is 10.1. The number of primary amides is 1. The van der Waals surface area contributed by atoms with Gasteiger partial charge in [0.15, 0.2) is 0 Å². The summed E-state index contributed by atoms with van der Waals surface area (Å²) < 4.78 is 11.8. The minimum atomic E-state index is -0.461. The molecule has 2 aromatic rings. The first kappa shape index (κ1) is 27.4. The summed E-state index contributed by atoms with van der Waals surface area (Å²) in [6, 6.07) is 6.94. The third kappa shape index (κ3) is 8.91. The minimum absolute atomic E-state index is 0.234. The van der Waals surface area contributed by atoms with Gasteiger partial charge in [0.25, 0.3) is 0 Å². The van der Waals surface area contributed by atoms with E-state index >= 15 is 0 Å². The molecule has 2 saturated carbocycles. The van der Waals surface area contributed by atoms with Crippen LogP contribution in [0, 0.1) is 18.4 Å². The summed E-state index contributed by atoms with van der Waals surface area (Å²) in [5.74, 6) is 2.69. The van der Waals surface area contributed by atoms with Gasteiger partial charge >= 0.3 is 0 Å². The molecule has 39 heavy (non-hydrogen) atoms. The molecule has 4 heterocycles. The van der Waals surface area contributed by atoms with Crippen LogP contribution in [0.4, 0.5) is 5.69 Å². The monoisotopic (exact) mass is 532 g/mol. The van der Waals surface area contributed by atoms with Gasteiger partial charge in [-0.1, -0.05) is 0 Å². The van der Waals surface area contributed by atoms with Crippen LogP contribution in [0.3, 0.4) is 0 Å². The van der Waals surface area contributed by atoms with Gasteiger partial charge < -0.3 is 25.0 Å². The second-order valence-electron chi connectivity index (χ2n) is 11.3. The number of amides is 1. The van der Waals surface area contributed by atoms with Crippen LogP contribution in [0.25, 0.3) is 4.85 Å². The maximum absolute atomic E-state index is 11.0. The first-order valence-electron chi connectivity index (χ1n) is 14.4. The van der Waals surface area contributed by atoms with Crippen LogP contribution in [0.1, 0.15) is 61.7 Å². The molecule has 6 rings (SSSR count). The number of aromatic nitrogens is 2. The van der Waals surface area contributed by atoms with E-state index in [9.17, 15) is 4.79 Å². The topological polar surface area (TPSA) is 98.2 Å². The highest BCUT2D eigenvalue weighted by Gasteiger charge is 2.28. The lowest BCUT2D eigenvalue weighted by Gasteiger charge is -2.31. The van der Waals surface area contributed by atoms with Crippen LogP contribution < -0.4 is 15.2 Å². The molecule has 0 radical (unpaired) electrons. The minimum Gasteiger partial charge on any atom is -0.474 e. The summed E-state index contributed by atoms with van der Waals surface area (Å²) in [5.41, 5.74) is 6.16. The fourth-order valence-corrected chi connectivity index (χ4v) is 5.20. The highest BCUT2D eigenvalue weighted by molar-refractivity contribution is 5.92. The SMILES string of the molecule is NC(=O)c1ccc(OC2CCN(CC3CC3)CC2)nc1.[C-]#[N+]c1ccc(OC2CCN(CC3CC3)CC2)nc1. The van der Waals surface area contributed by atoms with Crippen molar-refractivity contribution >= 4 is 11.6 Å². The van der Waals surface area contributed by atoms with Crippen molar-refractivity contribution in [2.75, 3.05) is 39.3 Å². The number of likely N-dealkylation sites (tertiary alicyclic amines) is 2. The number of nitrogens with two attached hydrogens (primary N) is 1. The standard InChI is InChI=1S/C15H21N3O2.C15H19N3O/c16-15(19)12-3-4-14(17-9-12)20-13-5-7-18(8-6-13)10-11-1-2-11;1-16-13-4-5-15(17-10-13)19-14-6-8-18(9-7-14)11-12-2-3-12/h3-4,9,11,13H,1-2,5-8,10H2,(H2,16,19);4-5,10,12,14H,2-3,6-9,11H2. The normalized spacial score (nSPS) is 20.9. The summed E-state index contributed by atoms with van der Waals surface area (Å²) in [5, 5.41) is 0. The largest absolute Gasteiger partial charge is 0.474 e. The Morgan fingerprint density at radius 2 is 1.28 bits per heavy atom. The number of ether oxygens (including phenoxy) is 2. The molecule has 2 aliphatic heterocycles. The molecule has 2 aliphatic carbocycles. The Morgan fingerprint density at radius 1 is 0.795 bits per heavy atom. The van der Waals surface area contributed by atoms with Gasteiger partial charge in [0.1, 0.15) is 12.2 Å². The fraction of sp³-hybridized carbons (Fsp3) is 0.600. The van der Waals surface area contributed by atoms with Gasteiger partial charge in [-0.05, 0) is 81.4 Å². The van der Waals surface area contributed by atoms with E-state index in [-0.39, 0.29) is 12.2 Å². The molecule has 1 amide bonds. The lowest BCUT2D eigenvalue weighted by molar-refractivity contribution is 0.0941. The lowest BCUT2D eigenvalue weighted by Crippen LogP contribution is -2.39. The first-order valence-corrected chi connectivity index (χ1v) is 14.4. The van der Waals surface area contributed by atoms with Crippen molar-refractivity contribution in [1.29, 1.82) is 0 Å². The molecule has 2 saturated heterocycles. The fourth-order valence-electron chi connectivity index (χ4n) is 5.20. The van der Waals surface area contributed by atoms with E-state index in [0.29, 0.717) is 23.0 Å². The van der Waals surface area contributed by atoms with Gasteiger partial charge in [0, 0.05) is 57.7 Å². The summed E-state index contributed by atoms with van der Waals surface area (Å²) >= 11 is 0. The van der Waals surface area contributed by atoms with Crippen molar-refractivity contribution in [3.63, 3.8) is 0 Å². The Labute approximate surface area is 231 Å². The number of hydrogen-bond acceptors (Lipinski definition) is 7. The van der Waals surface area contributed by atoms with E-state index in [1.165, 1.54) is 45.0 Å². The van der Waals surface area contributed by atoms with Crippen molar-refractivity contribution in [2.24, 2.45) is 17.6 Å². The van der Waals surface area contributed by atoms with E-state index in [0.717, 1.165) is 63.7 Å². The molecule has 208 valence electrons. The van der Waals surface area contributed by atoms with Crippen LogP contribution in [0.15, 0.2) is 36.7 Å². The zero-order valence-electron chi connectivity index (χ0n) is 22.7. The molecular formula is C30H40N6O3. The highest BCUT2D eigenvalue weighted by atomic mass is 16.5. The van der Waals surface area contributed by atoms with E-state index in [2.05, 4.69) is 24.6 Å². The predicted molar refractivity (Wildman–Crippen MR) is 149 cm³/mol. The molecule has 0 unspecified atom stereocenters. The predicted octanol–water partition coefficient (Wildman–Crippen LogP) is 4.32. The van der Waals surface area contributed by atoms with Crippen molar-refractivity contribution < 1.29 is 14.3 Å². The molecule has 0 spiro atoms. The Bertz CT molecular complexity index is 1100. The number of nitrogens with zero attached hydrogens (tertiary/aromatic N) is 5. The zero-order chi connectivity index (χ0) is 27.0. The van der Waals surface area contributed by atoms with E-state index in [1.54, 1.807) is 30.5 Å². The van der Waals surface area contributed by atoms with Crippen LogP contribution in [-0.4, -0.2) is 77.2 Å². The number of pyridine rings is 2. The maximum Gasteiger partial charge on any atom is 0.250 e. The molecular weight excluding hydrogens is 492 g/mol. The second-order valence-corrected chi connectivity index (χ2v) is 11.3. The number of hydrogen-bond donors (Lipinski definition) is 1. The van der Waals surface area contributed by atoms with Crippen molar-refractivity contribution in [1.82, 2.24) is 19.8 Å². The molecule has 4 aliphatic rings. The second kappa shape index (κ2) is 13.2. The number of carbonyl (C=O) groups excluding carboxylic acids is 1. The number of rotatable bonds is 9. The van der Waals surface area contributed by atoms with E-state index in [1.807, 2.05) is 0 Å². The van der Waals surface area contributed by atoms with Gasteiger partial charge in [-0.15, -0.1) is 0 Å². The molecule has 2 N–H and O–H groups in total. The molecule has 0 aromatic carbocycles. The van der Waals surface area contributed by atoms with Gasteiger partial charge in [-0.2, -0.15) is 0 Å². The van der Waals surface area contributed by atoms with Crippen molar-refractivity contribution in [3.05, 3.63) is 53.6 Å². The Balaban J connectivity index is 0.000000158. The average Bonchev–Trinajstić information content (AvgIpc) is 3.90. The number of piperidine rings is 2. The maximum atomic E-state index is 11.0. The first-order chi connectivity index (χ1) is 19.0. The molecule has 9 heteroatoms. The summed E-state index contributed by atoms with van der Waals surface area (Å²) in [6.45, 7) is 13.9. The number of carbonyl (C=O) groups is 1. The van der Waals surface area contributed by atoms with Gasteiger partial charge in [-0.25, -0.2) is 14.8 Å². The molecule has 9 nitrogen and oxygen atoms in total. The van der Waals surface area contributed by atoms with E-state index in [4.69, 9.17) is 21.8 Å². The zero-order valence-corrected chi connectivity index (χ0v) is 22.7. The van der Waals surface area contributed by atoms with Gasteiger partial charge in [-0.3, -0.25) is 4.79 Å². The Morgan fingerprint density at radius 3 is 1.64 bits per heavy atom. The van der Waals surface area contributed by atoms with E-state index < -0.39 is 5.91 Å². The molecule has 0 bridgehead atoms. The molecule has 4 fully saturated rings. The van der Waals surface area contributed by atoms with Crippen LogP contribution in [0.5, 0.6) is 11.8 Å². The summed E-state index contributed by atoms with van der Waals surface area (Å²) in [6.07, 6.45) is 13.5. The van der Waals surface area contributed by atoms with Gasteiger partial charge in [0.2, 0.25) is 23.4 Å². The van der Waals surface area contributed by atoms with Gasteiger partial charge in [0.05, 0.1) is 12.1 Å². The van der Waals surface area contributed by atoms with Crippen molar-refractivity contribution in [2.45, 2.75) is 63.6 Å². The quantitative estimate of drug-likeness (QED) is 0.480. The summed E-state index contributed by atoms with van der Waals surface area (Å²) in [4.78, 5) is 27.7. The third-order valence-corrected chi connectivity index (χ3v) is 7.94. The Kier molecular flexibility index (Phi) is 9.27. The average molecular weight is 533 g/mol. The smallest absolute Gasteiger partial charge is 0.250 e. The van der Waals surface area contributed by atoms with Crippen molar-refractivity contribution in [3.8, 4) is 11.8 Å². The highest BCUT2D eigenvalue weighted by Crippen LogP contribution is 2.31. The molecule has 0 atom stereocenters. The Hall–Kier alpha value is -3.22. The summed E-state index contributed by atoms with van der Waals surface area (Å²) in [7, 11) is 0. The molecule has 2 aromatic heterocycles. The van der Waals surface area contributed by atoms with Crippen LogP contribution in [0.2, 0.25) is 0 Å². The van der Waals surface area contributed by atoms with Crippen LogP contribution in [-0.2, 0) is 0 Å². The van der Waals surface area contributed by atoms with Crippen LogP contribution >= 0.6 is 0 Å². The third-order valence-electron chi connectivity index (χ3n) is 7.94.